The van der Waals surface area contributed by atoms with Crippen molar-refractivity contribution in [1.29, 1.82) is 0 Å². The van der Waals surface area contributed by atoms with E-state index in [1.165, 1.54) is 17.8 Å². The fourth-order valence-corrected chi connectivity index (χ4v) is 2.87. The molecular weight excluding hydrogens is 192 g/mol. The first-order chi connectivity index (χ1) is 6.79. The first-order valence-electron chi connectivity index (χ1n) is 5.25. The maximum absolute atomic E-state index is 3.42. The molecule has 1 aliphatic rings. The number of nitrogens with one attached hydrogen (secondary N) is 1. The summed E-state index contributed by atoms with van der Waals surface area (Å²) in [6.07, 6.45) is 1.28. The number of hydrogen-bond acceptors (Lipinski definition) is 3. The Hall–Kier alpha value is -0.380. The second-order valence-electron chi connectivity index (χ2n) is 4.00. The van der Waals surface area contributed by atoms with Crippen molar-refractivity contribution in [1.82, 2.24) is 10.2 Å². The van der Waals surface area contributed by atoms with Crippen molar-refractivity contribution >= 4 is 11.3 Å². The molecule has 1 aromatic heterocycles. The quantitative estimate of drug-likeness (QED) is 0.822. The van der Waals surface area contributed by atoms with Gasteiger partial charge in [0.1, 0.15) is 0 Å². The van der Waals surface area contributed by atoms with E-state index in [0.717, 1.165) is 6.54 Å². The molecule has 2 atom stereocenters. The number of hydrogen-bond donors (Lipinski definition) is 1. The summed E-state index contributed by atoms with van der Waals surface area (Å²) in [7, 11) is 2.24. The number of rotatable bonds is 3. The molecule has 0 bridgehead atoms. The molecule has 1 aromatic rings. The topological polar surface area (TPSA) is 15.3 Å². The molecular formula is C11H18N2S. The Kier molecular flexibility index (Phi) is 3.21. The Morgan fingerprint density at radius 3 is 3.07 bits per heavy atom. The molecule has 2 nitrogen and oxygen atoms in total. The molecule has 78 valence electrons. The Balaban J connectivity index is 2.00. The molecule has 1 saturated heterocycles. The lowest BCUT2D eigenvalue weighted by molar-refractivity contribution is 0.199. The summed E-state index contributed by atoms with van der Waals surface area (Å²) >= 11 is 1.86. The maximum Gasteiger partial charge on any atom is 0.0413 e. The molecule has 0 amide bonds. The van der Waals surface area contributed by atoms with Gasteiger partial charge in [0.15, 0.2) is 0 Å². The van der Waals surface area contributed by atoms with E-state index in [-0.39, 0.29) is 0 Å². The van der Waals surface area contributed by atoms with Crippen LogP contribution < -0.4 is 5.32 Å². The first kappa shape index (κ1) is 10.1. The van der Waals surface area contributed by atoms with Crippen molar-refractivity contribution in [2.24, 2.45) is 0 Å². The van der Waals surface area contributed by atoms with Crippen molar-refractivity contribution in [2.75, 3.05) is 20.1 Å². The van der Waals surface area contributed by atoms with E-state index in [4.69, 9.17) is 0 Å². The van der Waals surface area contributed by atoms with E-state index in [9.17, 15) is 0 Å². The van der Waals surface area contributed by atoms with Gasteiger partial charge >= 0.3 is 0 Å². The third-order valence-corrected chi connectivity index (χ3v) is 4.22. The number of likely N-dealkylation sites (N-methyl/N-ethyl adjacent to an activating group) is 1. The smallest absolute Gasteiger partial charge is 0.0413 e. The van der Waals surface area contributed by atoms with Crippen molar-refractivity contribution in [3.8, 4) is 0 Å². The van der Waals surface area contributed by atoms with Crippen LogP contribution >= 0.6 is 11.3 Å². The van der Waals surface area contributed by atoms with Crippen molar-refractivity contribution in [3.63, 3.8) is 0 Å². The second kappa shape index (κ2) is 4.43. The average molecular weight is 210 g/mol. The van der Waals surface area contributed by atoms with Gasteiger partial charge < -0.3 is 5.32 Å². The number of nitrogens with zero attached hydrogens (tertiary/aromatic N) is 1. The van der Waals surface area contributed by atoms with E-state index >= 15 is 0 Å². The molecule has 0 radical (unpaired) electrons. The zero-order chi connectivity index (χ0) is 9.97. The SMILES string of the molecule is C[C@@H](c1cccs1)N(C)[C@@H]1CCNC1. The molecule has 0 unspecified atom stereocenters. The summed E-state index contributed by atoms with van der Waals surface area (Å²) in [5.41, 5.74) is 0. The average Bonchev–Trinajstić information content (AvgIpc) is 2.87. The van der Waals surface area contributed by atoms with Crippen LogP contribution in [0.3, 0.4) is 0 Å². The van der Waals surface area contributed by atoms with Gasteiger partial charge in [-0.2, -0.15) is 0 Å². The summed E-state index contributed by atoms with van der Waals surface area (Å²) in [6.45, 7) is 4.61. The standard InChI is InChI=1S/C11H18N2S/c1-9(11-4-3-7-14-11)13(2)10-5-6-12-8-10/h3-4,7,9-10,12H,5-6,8H2,1-2H3/t9-,10+/m0/s1. The largest absolute Gasteiger partial charge is 0.315 e. The highest BCUT2D eigenvalue weighted by atomic mass is 32.1. The van der Waals surface area contributed by atoms with Gasteiger partial charge in [-0.25, -0.2) is 0 Å². The second-order valence-corrected chi connectivity index (χ2v) is 4.98. The number of thiophene rings is 1. The highest BCUT2D eigenvalue weighted by molar-refractivity contribution is 7.10. The Bertz CT molecular complexity index is 265. The van der Waals surface area contributed by atoms with E-state index in [1.807, 2.05) is 11.3 Å². The zero-order valence-electron chi connectivity index (χ0n) is 8.86. The lowest BCUT2D eigenvalue weighted by atomic mass is 10.1. The molecule has 1 N–H and O–H groups in total. The third-order valence-electron chi connectivity index (χ3n) is 3.18. The fourth-order valence-electron chi connectivity index (χ4n) is 2.03. The molecule has 0 spiro atoms. The van der Waals surface area contributed by atoms with Crippen LogP contribution in [0.15, 0.2) is 17.5 Å². The molecule has 2 heterocycles. The minimum atomic E-state index is 0.555. The van der Waals surface area contributed by atoms with Crippen molar-refractivity contribution < 1.29 is 0 Å². The summed E-state index contributed by atoms with van der Waals surface area (Å²) in [5.74, 6) is 0. The molecule has 0 aromatic carbocycles. The van der Waals surface area contributed by atoms with Crippen LogP contribution in [-0.2, 0) is 0 Å². The van der Waals surface area contributed by atoms with Crippen LogP contribution in [0.25, 0.3) is 0 Å². The molecule has 3 heteroatoms. The molecule has 0 aliphatic carbocycles. The summed E-state index contributed by atoms with van der Waals surface area (Å²) < 4.78 is 0. The lowest BCUT2D eigenvalue weighted by Crippen LogP contribution is -2.35. The summed E-state index contributed by atoms with van der Waals surface area (Å²) in [6, 6.07) is 5.64. The molecule has 0 saturated carbocycles. The van der Waals surface area contributed by atoms with Crippen LogP contribution in [0, 0.1) is 0 Å². The monoisotopic (exact) mass is 210 g/mol. The van der Waals surface area contributed by atoms with Gasteiger partial charge in [0.2, 0.25) is 0 Å². The predicted molar refractivity (Wildman–Crippen MR) is 61.8 cm³/mol. The third kappa shape index (κ3) is 2.00. The van der Waals surface area contributed by atoms with Gasteiger partial charge in [0.05, 0.1) is 0 Å². The van der Waals surface area contributed by atoms with E-state index in [0.29, 0.717) is 12.1 Å². The summed E-state index contributed by atoms with van der Waals surface area (Å²) in [4.78, 5) is 3.96. The van der Waals surface area contributed by atoms with Gasteiger partial charge in [-0.05, 0) is 38.4 Å². The Morgan fingerprint density at radius 1 is 1.64 bits per heavy atom. The van der Waals surface area contributed by atoms with Crippen LogP contribution in [0.2, 0.25) is 0 Å². The van der Waals surface area contributed by atoms with Gasteiger partial charge in [0, 0.05) is 23.5 Å². The minimum Gasteiger partial charge on any atom is -0.315 e. The van der Waals surface area contributed by atoms with Crippen LogP contribution in [-0.4, -0.2) is 31.1 Å². The van der Waals surface area contributed by atoms with E-state index in [2.05, 4.69) is 41.7 Å². The molecule has 2 rings (SSSR count). The van der Waals surface area contributed by atoms with Gasteiger partial charge in [-0.15, -0.1) is 11.3 Å². The van der Waals surface area contributed by atoms with E-state index < -0.39 is 0 Å². The Labute approximate surface area is 89.9 Å². The van der Waals surface area contributed by atoms with E-state index in [1.54, 1.807) is 0 Å². The van der Waals surface area contributed by atoms with Crippen LogP contribution in [0.1, 0.15) is 24.3 Å². The summed E-state index contributed by atoms with van der Waals surface area (Å²) in [5, 5.41) is 5.57. The van der Waals surface area contributed by atoms with Gasteiger partial charge in [-0.1, -0.05) is 6.07 Å². The normalized spacial score (nSPS) is 24.4. The molecule has 1 aliphatic heterocycles. The van der Waals surface area contributed by atoms with Gasteiger partial charge in [0.25, 0.3) is 0 Å². The first-order valence-corrected chi connectivity index (χ1v) is 6.13. The Morgan fingerprint density at radius 2 is 2.50 bits per heavy atom. The zero-order valence-corrected chi connectivity index (χ0v) is 9.68. The highest BCUT2D eigenvalue weighted by Gasteiger charge is 2.23. The van der Waals surface area contributed by atoms with Crippen molar-refractivity contribution in [2.45, 2.75) is 25.4 Å². The maximum atomic E-state index is 3.42. The molecule has 1 fully saturated rings. The van der Waals surface area contributed by atoms with Crippen LogP contribution in [0.4, 0.5) is 0 Å². The minimum absolute atomic E-state index is 0.555. The predicted octanol–water partition coefficient (Wildman–Crippen LogP) is 2.10. The lowest BCUT2D eigenvalue weighted by Gasteiger charge is -2.29. The molecule has 14 heavy (non-hydrogen) atoms. The van der Waals surface area contributed by atoms with Crippen LogP contribution in [0.5, 0.6) is 0 Å². The fraction of sp³-hybridized carbons (Fsp3) is 0.636. The van der Waals surface area contributed by atoms with Gasteiger partial charge in [-0.3, -0.25) is 4.90 Å². The van der Waals surface area contributed by atoms with Crippen molar-refractivity contribution in [3.05, 3.63) is 22.4 Å². The highest BCUT2D eigenvalue weighted by Crippen LogP contribution is 2.26.